The largest absolute Gasteiger partial charge is 0.383 e. The molecule has 12 heavy (non-hydrogen) atoms. The number of methoxy groups -OCH3 is 1. The Morgan fingerprint density at radius 3 is 2.42 bits per heavy atom. The highest BCUT2D eigenvalue weighted by molar-refractivity contribution is 5.82. The molecule has 0 spiro atoms. The third-order valence-corrected chi connectivity index (χ3v) is 1.18. The van der Waals surface area contributed by atoms with Crippen LogP contribution < -0.4 is 11.1 Å². The van der Waals surface area contributed by atoms with E-state index in [4.69, 9.17) is 10.5 Å². The van der Waals surface area contributed by atoms with Crippen LogP contribution in [-0.4, -0.2) is 31.2 Å². The van der Waals surface area contributed by atoms with E-state index in [0.717, 1.165) is 0 Å². The SMILES string of the molecule is COC[C@H](N)C(=O)NC(C)(C)C. The lowest BCUT2D eigenvalue weighted by atomic mass is 10.1. The molecule has 0 aliphatic carbocycles. The van der Waals surface area contributed by atoms with Gasteiger partial charge >= 0.3 is 0 Å². The number of rotatable bonds is 3. The first-order chi connectivity index (χ1) is 5.37. The summed E-state index contributed by atoms with van der Waals surface area (Å²) in [5, 5.41) is 2.76. The van der Waals surface area contributed by atoms with Gasteiger partial charge in [0.2, 0.25) is 5.91 Å². The molecule has 0 saturated carbocycles. The lowest BCUT2D eigenvalue weighted by molar-refractivity contribution is -0.124. The van der Waals surface area contributed by atoms with Gasteiger partial charge < -0.3 is 15.8 Å². The van der Waals surface area contributed by atoms with Crippen molar-refractivity contribution in [2.75, 3.05) is 13.7 Å². The summed E-state index contributed by atoms with van der Waals surface area (Å²) in [6.07, 6.45) is 0. The van der Waals surface area contributed by atoms with Gasteiger partial charge in [0.1, 0.15) is 6.04 Å². The lowest BCUT2D eigenvalue weighted by Crippen LogP contribution is -2.50. The van der Waals surface area contributed by atoms with E-state index < -0.39 is 6.04 Å². The van der Waals surface area contributed by atoms with E-state index >= 15 is 0 Å². The predicted octanol–water partition coefficient (Wildman–Crippen LogP) is -0.125. The Kier molecular flexibility index (Phi) is 4.20. The van der Waals surface area contributed by atoms with Crippen molar-refractivity contribution in [3.05, 3.63) is 0 Å². The van der Waals surface area contributed by atoms with E-state index in [1.165, 1.54) is 7.11 Å². The maximum atomic E-state index is 11.2. The smallest absolute Gasteiger partial charge is 0.239 e. The highest BCUT2D eigenvalue weighted by Gasteiger charge is 2.18. The number of amides is 1. The molecule has 0 heterocycles. The fourth-order valence-electron chi connectivity index (χ4n) is 0.718. The molecule has 72 valence electrons. The Balaban J connectivity index is 3.87. The summed E-state index contributed by atoms with van der Waals surface area (Å²) in [4.78, 5) is 11.2. The minimum atomic E-state index is -0.575. The van der Waals surface area contributed by atoms with Crippen LogP contribution >= 0.6 is 0 Å². The summed E-state index contributed by atoms with van der Waals surface area (Å²) in [7, 11) is 1.52. The molecule has 3 N–H and O–H groups in total. The fourth-order valence-corrected chi connectivity index (χ4v) is 0.718. The number of hydrogen-bond acceptors (Lipinski definition) is 3. The van der Waals surface area contributed by atoms with Gasteiger partial charge in [-0.25, -0.2) is 0 Å². The maximum absolute atomic E-state index is 11.2. The van der Waals surface area contributed by atoms with Crippen molar-refractivity contribution in [2.45, 2.75) is 32.4 Å². The van der Waals surface area contributed by atoms with Crippen molar-refractivity contribution in [3.63, 3.8) is 0 Å². The molecule has 4 heteroatoms. The average Bonchev–Trinajstić information content (AvgIpc) is 1.84. The maximum Gasteiger partial charge on any atom is 0.239 e. The van der Waals surface area contributed by atoms with Crippen molar-refractivity contribution in [2.24, 2.45) is 5.73 Å². The van der Waals surface area contributed by atoms with Crippen LogP contribution in [-0.2, 0) is 9.53 Å². The van der Waals surface area contributed by atoms with Crippen molar-refractivity contribution in [3.8, 4) is 0 Å². The molecule has 4 nitrogen and oxygen atoms in total. The van der Waals surface area contributed by atoms with Crippen molar-refractivity contribution in [1.82, 2.24) is 5.32 Å². The summed E-state index contributed by atoms with van der Waals surface area (Å²) < 4.78 is 4.75. The zero-order valence-electron chi connectivity index (χ0n) is 8.18. The topological polar surface area (TPSA) is 64.3 Å². The standard InChI is InChI=1S/C8H18N2O2/c1-8(2,3)10-7(11)6(9)5-12-4/h6H,5,9H2,1-4H3,(H,10,11)/t6-/m0/s1. The quantitative estimate of drug-likeness (QED) is 0.626. The Labute approximate surface area is 73.5 Å². The molecule has 1 amide bonds. The highest BCUT2D eigenvalue weighted by atomic mass is 16.5. The third-order valence-electron chi connectivity index (χ3n) is 1.18. The molecule has 1 atom stereocenters. The Morgan fingerprint density at radius 2 is 2.08 bits per heavy atom. The lowest BCUT2D eigenvalue weighted by Gasteiger charge is -2.22. The highest BCUT2D eigenvalue weighted by Crippen LogP contribution is 1.98. The van der Waals surface area contributed by atoms with Crippen LogP contribution in [0, 0.1) is 0 Å². The van der Waals surface area contributed by atoms with Gasteiger partial charge in [-0.15, -0.1) is 0 Å². The Morgan fingerprint density at radius 1 is 1.58 bits per heavy atom. The first kappa shape index (κ1) is 11.4. The number of nitrogens with one attached hydrogen (secondary N) is 1. The zero-order valence-corrected chi connectivity index (χ0v) is 8.18. The molecule has 0 aliphatic rings. The van der Waals surface area contributed by atoms with E-state index in [1.54, 1.807) is 0 Å². The fraction of sp³-hybridized carbons (Fsp3) is 0.875. The molecule has 0 saturated heterocycles. The van der Waals surface area contributed by atoms with E-state index in [1.807, 2.05) is 20.8 Å². The number of ether oxygens (including phenoxy) is 1. The second kappa shape index (κ2) is 4.42. The second-order valence-corrected chi connectivity index (χ2v) is 3.80. The Bertz CT molecular complexity index is 152. The molecule has 0 rings (SSSR count). The van der Waals surface area contributed by atoms with E-state index in [-0.39, 0.29) is 18.1 Å². The van der Waals surface area contributed by atoms with E-state index in [2.05, 4.69) is 5.32 Å². The third kappa shape index (κ3) is 5.09. The molecule has 0 aromatic carbocycles. The average molecular weight is 174 g/mol. The van der Waals surface area contributed by atoms with E-state index in [0.29, 0.717) is 0 Å². The number of nitrogens with two attached hydrogens (primary N) is 1. The molecule has 0 aromatic rings. The van der Waals surface area contributed by atoms with Gasteiger partial charge in [-0.3, -0.25) is 4.79 Å². The second-order valence-electron chi connectivity index (χ2n) is 3.80. The van der Waals surface area contributed by atoms with Crippen LogP contribution in [0.1, 0.15) is 20.8 Å². The number of hydrogen-bond donors (Lipinski definition) is 2. The van der Waals surface area contributed by atoms with Crippen LogP contribution in [0.2, 0.25) is 0 Å². The molecular formula is C8H18N2O2. The van der Waals surface area contributed by atoms with Crippen LogP contribution in [0.4, 0.5) is 0 Å². The summed E-state index contributed by atoms with van der Waals surface area (Å²) in [5.41, 5.74) is 5.26. The van der Waals surface area contributed by atoms with Crippen LogP contribution in [0.25, 0.3) is 0 Å². The normalized spacial score (nSPS) is 14.1. The molecule has 0 fully saturated rings. The van der Waals surface area contributed by atoms with Gasteiger partial charge in [0.25, 0.3) is 0 Å². The van der Waals surface area contributed by atoms with Gasteiger partial charge in [-0.05, 0) is 20.8 Å². The summed E-state index contributed by atoms with van der Waals surface area (Å²) in [6.45, 7) is 5.97. The minimum absolute atomic E-state index is 0.177. The number of carbonyl (C=O) groups is 1. The minimum Gasteiger partial charge on any atom is -0.383 e. The van der Waals surface area contributed by atoms with Gasteiger partial charge in [0.05, 0.1) is 6.61 Å². The number of carbonyl (C=O) groups excluding carboxylic acids is 1. The van der Waals surface area contributed by atoms with Crippen molar-refractivity contribution >= 4 is 5.91 Å². The first-order valence-electron chi connectivity index (χ1n) is 3.93. The first-order valence-corrected chi connectivity index (χ1v) is 3.93. The Hall–Kier alpha value is -0.610. The zero-order chi connectivity index (χ0) is 9.78. The summed E-state index contributed by atoms with van der Waals surface area (Å²) in [6, 6.07) is -0.575. The molecular weight excluding hydrogens is 156 g/mol. The summed E-state index contributed by atoms with van der Waals surface area (Å²) >= 11 is 0. The van der Waals surface area contributed by atoms with Crippen LogP contribution in [0.3, 0.4) is 0 Å². The van der Waals surface area contributed by atoms with Crippen LogP contribution in [0.5, 0.6) is 0 Å². The molecule has 0 aromatic heterocycles. The van der Waals surface area contributed by atoms with Gasteiger partial charge in [0, 0.05) is 12.6 Å². The molecule has 0 aliphatic heterocycles. The van der Waals surface area contributed by atoms with Crippen molar-refractivity contribution < 1.29 is 9.53 Å². The van der Waals surface area contributed by atoms with E-state index in [9.17, 15) is 4.79 Å². The molecule has 0 bridgehead atoms. The summed E-state index contributed by atoms with van der Waals surface area (Å²) in [5.74, 6) is -0.177. The molecule has 0 radical (unpaired) electrons. The van der Waals surface area contributed by atoms with Gasteiger partial charge in [0.15, 0.2) is 0 Å². The predicted molar refractivity (Wildman–Crippen MR) is 47.7 cm³/mol. The molecule has 0 unspecified atom stereocenters. The van der Waals surface area contributed by atoms with Crippen molar-refractivity contribution in [1.29, 1.82) is 0 Å². The monoisotopic (exact) mass is 174 g/mol. The van der Waals surface area contributed by atoms with Crippen LogP contribution in [0.15, 0.2) is 0 Å². The van der Waals surface area contributed by atoms with Gasteiger partial charge in [-0.1, -0.05) is 0 Å². The van der Waals surface area contributed by atoms with Gasteiger partial charge in [-0.2, -0.15) is 0 Å².